The van der Waals surface area contributed by atoms with Gasteiger partial charge in [0.15, 0.2) is 0 Å². The van der Waals surface area contributed by atoms with Crippen LogP contribution in [0.4, 0.5) is 0 Å². The molecule has 1 fully saturated rings. The molecule has 1 aromatic rings. The van der Waals surface area contributed by atoms with Gasteiger partial charge >= 0.3 is 0 Å². The van der Waals surface area contributed by atoms with E-state index in [2.05, 4.69) is 22.3 Å². The molecule has 1 aliphatic heterocycles. The van der Waals surface area contributed by atoms with Crippen LogP contribution in [0.3, 0.4) is 0 Å². The average molecular weight is 181 g/mol. The second-order valence-electron chi connectivity index (χ2n) is 3.60. The number of rotatable bonds is 2. The third-order valence-electron chi connectivity index (χ3n) is 2.51. The maximum Gasteiger partial charge on any atom is 0.0962 e. The first-order valence-electron chi connectivity index (χ1n) is 4.59. The molecule has 0 aliphatic carbocycles. The van der Waals surface area contributed by atoms with Crippen LogP contribution in [0.15, 0.2) is 6.20 Å². The van der Waals surface area contributed by atoms with Gasteiger partial charge in [0.2, 0.25) is 0 Å². The maximum absolute atomic E-state index is 5.46. The van der Waals surface area contributed by atoms with Crippen molar-refractivity contribution in [1.82, 2.24) is 19.9 Å². The quantitative estimate of drug-likeness (QED) is 0.675. The Balaban J connectivity index is 2.08. The maximum atomic E-state index is 5.46. The van der Waals surface area contributed by atoms with Crippen LogP contribution in [-0.2, 0) is 6.54 Å². The summed E-state index contributed by atoms with van der Waals surface area (Å²) in [5.41, 5.74) is 6.33. The van der Waals surface area contributed by atoms with Crippen molar-refractivity contribution in [3.05, 3.63) is 11.9 Å². The minimum absolute atomic E-state index is 0.475. The van der Waals surface area contributed by atoms with Crippen LogP contribution in [0.1, 0.15) is 18.2 Å². The molecule has 0 bridgehead atoms. The zero-order valence-corrected chi connectivity index (χ0v) is 7.85. The molecule has 0 radical (unpaired) electrons. The van der Waals surface area contributed by atoms with Crippen molar-refractivity contribution in [2.24, 2.45) is 5.73 Å². The first-order valence-corrected chi connectivity index (χ1v) is 4.59. The molecule has 13 heavy (non-hydrogen) atoms. The molecule has 5 nitrogen and oxygen atoms in total. The zero-order valence-electron chi connectivity index (χ0n) is 7.85. The number of hydrogen-bond donors (Lipinski definition) is 1. The molecule has 2 heterocycles. The molecule has 0 saturated carbocycles. The number of aromatic nitrogens is 3. The summed E-state index contributed by atoms with van der Waals surface area (Å²) in [4.78, 5) is 2.30. The molecule has 2 N–H and O–H groups in total. The molecule has 1 aromatic heterocycles. The number of hydrogen-bond acceptors (Lipinski definition) is 4. The predicted molar refractivity (Wildman–Crippen MR) is 49.1 cm³/mol. The van der Waals surface area contributed by atoms with E-state index in [1.165, 1.54) is 0 Å². The van der Waals surface area contributed by atoms with E-state index in [1.54, 1.807) is 0 Å². The minimum atomic E-state index is 0.475. The lowest BCUT2D eigenvalue weighted by Crippen LogP contribution is -2.16. The van der Waals surface area contributed by atoms with E-state index in [-0.39, 0.29) is 0 Å². The van der Waals surface area contributed by atoms with Crippen LogP contribution >= 0.6 is 0 Å². The highest BCUT2D eigenvalue weighted by molar-refractivity contribution is 4.93. The highest BCUT2D eigenvalue weighted by Gasteiger charge is 2.21. The highest BCUT2D eigenvalue weighted by Crippen LogP contribution is 2.18. The van der Waals surface area contributed by atoms with Crippen molar-refractivity contribution in [1.29, 1.82) is 0 Å². The van der Waals surface area contributed by atoms with Gasteiger partial charge in [-0.05, 0) is 20.0 Å². The van der Waals surface area contributed by atoms with Gasteiger partial charge in [0.05, 0.1) is 17.9 Å². The smallest absolute Gasteiger partial charge is 0.0962 e. The molecular weight excluding hydrogens is 166 g/mol. The fourth-order valence-electron chi connectivity index (χ4n) is 1.71. The molecule has 1 atom stereocenters. The standard InChI is InChI=1S/C8H15N5/c1-12-3-2-8(6-12)13-5-7(4-9)10-11-13/h5,8H,2-4,6,9H2,1H3/t8-/m1/s1. The van der Waals surface area contributed by atoms with Crippen LogP contribution in [0.2, 0.25) is 0 Å². The van der Waals surface area contributed by atoms with Crippen LogP contribution in [0.25, 0.3) is 0 Å². The Labute approximate surface area is 77.5 Å². The van der Waals surface area contributed by atoms with Crippen LogP contribution in [-0.4, -0.2) is 40.0 Å². The summed E-state index contributed by atoms with van der Waals surface area (Å²) < 4.78 is 1.94. The molecule has 0 amide bonds. The lowest BCUT2D eigenvalue weighted by atomic mass is 10.3. The van der Waals surface area contributed by atoms with E-state index in [0.29, 0.717) is 12.6 Å². The third-order valence-corrected chi connectivity index (χ3v) is 2.51. The largest absolute Gasteiger partial charge is 0.325 e. The van der Waals surface area contributed by atoms with E-state index < -0.39 is 0 Å². The van der Waals surface area contributed by atoms with E-state index in [1.807, 2.05) is 10.9 Å². The Hall–Kier alpha value is -0.940. The topological polar surface area (TPSA) is 60.0 Å². The van der Waals surface area contributed by atoms with Crippen molar-refractivity contribution in [2.75, 3.05) is 20.1 Å². The lowest BCUT2D eigenvalue weighted by Gasteiger charge is -2.09. The van der Waals surface area contributed by atoms with Gasteiger partial charge in [0.25, 0.3) is 0 Å². The van der Waals surface area contributed by atoms with E-state index >= 15 is 0 Å². The third kappa shape index (κ3) is 1.71. The highest BCUT2D eigenvalue weighted by atomic mass is 15.4. The predicted octanol–water partition coefficient (Wildman–Crippen LogP) is -0.387. The number of nitrogens with zero attached hydrogens (tertiary/aromatic N) is 4. The molecule has 2 rings (SSSR count). The summed E-state index contributed by atoms with van der Waals surface area (Å²) in [6.45, 7) is 2.68. The van der Waals surface area contributed by atoms with Crippen molar-refractivity contribution in [3.63, 3.8) is 0 Å². The van der Waals surface area contributed by atoms with Crippen LogP contribution < -0.4 is 5.73 Å². The summed E-state index contributed by atoms with van der Waals surface area (Å²) in [5, 5.41) is 8.04. The van der Waals surface area contributed by atoms with Crippen molar-refractivity contribution in [3.8, 4) is 0 Å². The Morgan fingerprint density at radius 1 is 1.69 bits per heavy atom. The normalized spacial score (nSPS) is 24.0. The summed E-state index contributed by atoms with van der Waals surface area (Å²) in [6, 6.07) is 0.484. The monoisotopic (exact) mass is 181 g/mol. The van der Waals surface area contributed by atoms with E-state index in [4.69, 9.17) is 5.73 Å². The summed E-state index contributed by atoms with van der Waals surface area (Å²) in [7, 11) is 2.13. The lowest BCUT2D eigenvalue weighted by molar-refractivity contribution is 0.379. The van der Waals surface area contributed by atoms with Gasteiger partial charge in [-0.1, -0.05) is 5.21 Å². The van der Waals surface area contributed by atoms with Crippen LogP contribution in [0, 0.1) is 0 Å². The Bertz CT molecular complexity index is 282. The Kier molecular flexibility index (Phi) is 2.28. The minimum Gasteiger partial charge on any atom is -0.325 e. The van der Waals surface area contributed by atoms with Crippen molar-refractivity contribution < 1.29 is 0 Å². The first-order chi connectivity index (χ1) is 6.29. The van der Waals surface area contributed by atoms with E-state index in [0.717, 1.165) is 25.2 Å². The second kappa shape index (κ2) is 3.43. The summed E-state index contributed by atoms with van der Waals surface area (Å²) in [6.07, 6.45) is 3.10. The second-order valence-corrected chi connectivity index (χ2v) is 3.60. The summed E-state index contributed by atoms with van der Waals surface area (Å²) in [5.74, 6) is 0. The first kappa shape index (κ1) is 8.65. The van der Waals surface area contributed by atoms with Crippen LogP contribution in [0.5, 0.6) is 0 Å². The number of likely N-dealkylation sites (N-methyl/N-ethyl adjacent to an activating group) is 1. The van der Waals surface area contributed by atoms with Gasteiger partial charge in [0, 0.05) is 13.1 Å². The summed E-state index contributed by atoms with van der Waals surface area (Å²) >= 11 is 0. The molecule has 5 heteroatoms. The SMILES string of the molecule is CN1CC[C@@H](n2cc(CN)nn2)C1. The van der Waals surface area contributed by atoms with Crippen molar-refractivity contribution in [2.45, 2.75) is 19.0 Å². The van der Waals surface area contributed by atoms with Gasteiger partial charge in [-0.25, -0.2) is 4.68 Å². The molecule has 0 aromatic carbocycles. The van der Waals surface area contributed by atoms with Gasteiger partial charge in [-0.3, -0.25) is 0 Å². The Morgan fingerprint density at radius 2 is 2.54 bits per heavy atom. The number of nitrogens with two attached hydrogens (primary N) is 1. The average Bonchev–Trinajstić information content (AvgIpc) is 2.71. The van der Waals surface area contributed by atoms with Gasteiger partial charge in [-0.2, -0.15) is 0 Å². The van der Waals surface area contributed by atoms with Gasteiger partial charge in [0.1, 0.15) is 0 Å². The van der Waals surface area contributed by atoms with Gasteiger partial charge in [-0.15, -0.1) is 5.10 Å². The molecule has 0 unspecified atom stereocenters. The number of likely N-dealkylation sites (tertiary alicyclic amines) is 1. The van der Waals surface area contributed by atoms with Crippen molar-refractivity contribution >= 4 is 0 Å². The fourth-order valence-corrected chi connectivity index (χ4v) is 1.71. The molecule has 1 aliphatic rings. The van der Waals surface area contributed by atoms with E-state index in [9.17, 15) is 0 Å². The molecule has 1 saturated heterocycles. The molecule has 0 spiro atoms. The zero-order chi connectivity index (χ0) is 9.26. The molecular formula is C8H15N5. The molecule has 72 valence electrons. The Morgan fingerprint density at radius 3 is 3.08 bits per heavy atom. The van der Waals surface area contributed by atoms with Gasteiger partial charge < -0.3 is 10.6 Å². The fraction of sp³-hybridized carbons (Fsp3) is 0.750.